The van der Waals surface area contributed by atoms with Crippen molar-refractivity contribution in [2.75, 3.05) is 25.9 Å². The number of pyridine rings is 1. The number of aromatic nitrogens is 4. The van der Waals surface area contributed by atoms with Crippen molar-refractivity contribution >= 4 is 28.3 Å². The molecule has 0 bridgehead atoms. The van der Waals surface area contributed by atoms with Crippen molar-refractivity contribution in [1.29, 1.82) is 0 Å². The Balaban J connectivity index is 1.62. The Morgan fingerprint density at radius 2 is 2.05 bits per heavy atom. The van der Waals surface area contributed by atoms with Crippen molar-refractivity contribution in [2.45, 2.75) is 19.8 Å². The van der Waals surface area contributed by atoms with Crippen LogP contribution in [0.3, 0.4) is 0 Å². The predicted octanol–water partition coefficient (Wildman–Crippen LogP) is 4.78. The number of nitrogen functional groups attached to an aromatic ring is 1. The van der Waals surface area contributed by atoms with Gasteiger partial charge in [0.1, 0.15) is 17.8 Å². The van der Waals surface area contributed by atoms with Crippen LogP contribution >= 0.6 is 0 Å². The van der Waals surface area contributed by atoms with Crippen molar-refractivity contribution < 1.29 is 14.3 Å². The Bertz CT molecular complexity index is 1570. The van der Waals surface area contributed by atoms with E-state index in [0.717, 1.165) is 45.5 Å². The van der Waals surface area contributed by atoms with Crippen LogP contribution in [0.4, 0.5) is 5.82 Å². The number of benzene rings is 1. The Hall–Kier alpha value is -4.66. The van der Waals surface area contributed by atoms with Crippen LogP contribution in [0.5, 0.6) is 17.4 Å². The smallest absolute Gasteiger partial charge is 0.246 e. The summed E-state index contributed by atoms with van der Waals surface area (Å²) in [6, 6.07) is 11.5. The minimum Gasteiger partial charge on any atom is -0.493 e. The third-order valence-electron chi connectivity index (χ3n) is 6.81. The number of anilines is 1. The average molecular weight is 511 g/mol. The van der Waals surface area contributed by atoms with E-state index < -0.39 is 0 Å². The lowest BCUT2D eigenvalue weighted by atomic mass is 9.95. The maximum absolute atomic E-state index is 12.1. The number of fused-ring (bicyclic) bond motifs is 1. The molecule has 9 nitrogen and oxygen atoms in total. The topological polar surface area (TPSA) is 108 Å². The number of amides is 1. The molecule has 0 saturated carbocycles. The fourth-order valence-electron chi connectivity index (χ4n) is 4.88. The monoisotopic (exact) mass is 510 g/mol. The van der Waals surface area contributed by atoms with E-state index in [9.17, 15) is 4.79 Å². The minimum absolute atomic E-state index is 0.0769. The van der Waals surface area contributed by atoms with Gasteiger partial charge in [0.2, 0.25) is 11.8 Å². The Kier molecular flexibility index (Phi) is 6.83. The number of carbonyl (C=O) groups excluding carboxylic acids is 1. The number of nitrogens with zero attached hydrogens (tertiary/aromatic N) is 5. The highest BCUT2D eigenvalue weighted by Gasteiger charge is 2.26. The fraction of sp³-hybridized carbons (Fsp3) is 0.241. The summed E-state index contributed by atoms with van der Waals surface area (Å²) in [5.41, 5.74) is 12.0. The first-order valence-corrected chi connectivity index (χ1v) is 12.5. The summed E-state index contributed by atoms with van der Waals surface area (Å²) in [6.07, 6.45) is 6.40. The number of rotatable bonds is 7. The second kappa shape index (κ2) is 10.4. The van der Waals surface area contributed by atoms with Crippen LogP contribution in [0.25, 0.3) is 27.7 Å². The van der Waals surface area contributed by atoms with Gasteiger partial charge in [0.25, 0.3) is 0 Å². The standard InChI is InChI=1S/C29H30N6O3/c1-5-20-8-7-9-23(33-20)38-21-11-10-19(16-22(21)37-4)25-26-28(30)31-17-32-29(26)34(3)27(25)18-12-14-35(15-13-18)24(36)6-2/h6-12,16-17H,2,5,13-15H2,1,3-4H3,(H2,30,31,32). The first-order chi connectivity index (χ1) is 18.4. The summed E-state index contributed by atoms with van der Waals surface area (Å²) < 4.78 is 13.9. The van der Waals surface area contributed by atoms with E-state index in [1.807, 2.05) is 48.0 Å². The number of hydrogen-bond acceptors (Lipinski definition) is 7. The van der Waals surface area contributed by atoms with E-state index in [2.05, 4.69) is 34.5 Å². The van der Waals surface area contributed by atoms with E-state index in [1.54, 1.807) is 12.0 Å². The van der Waals surface area contributed by atoms with Gasteiger partial charge in [-0.2, -0.15) is 0 Å². The Morgan fingerprint density at radius 1 is 1.21 bits per heavy atom. The quantitative estimate of drug-likeness (QED) is 0.357. The largest absolute Gasteiger partial charge is 0.493 e. The molecule has 2 N–H and O–H groups in total. The first-order valence-electron chi connectivity index (χ1n) is 12.5. The number of nitrogens with two attached hydrogens (primary N) is 1. The molecule has 0 saturated heterocycles. The molecule has 38 heavy (non-hydrogen) atoms. The third-order valence-corrected chi connectivity index (χ3v) is 6.81. The van der Waals surface area contributed by atoms with Crippen LogP contribution in [-0.4, -0.2) is 50.5 Å². The summed E-state index contributed by atoms with van der Waals surface area (Å²) in [5, 5.41) is 0.767. The highest BCUT2D eigenvalue weighted by atomic mass is 16.5. The molecular weight excluding hydrogens is 480 g/mol. The van der Waals surface area contributed by atoms with E-state index in [-0.39, 0.29) is 5.91 Å². The number of carbonyl (C=O) groups is 1. The lowest BCUT2D eigenvalue weighted by Crippen LogP contribution is -2.33. The van der Waals surface area contributed by atoms with Crippen LogP contribution in [0.1, 0.15) is 24.7 Å². The molecule has 0 spiro atoms. The van der Waals surface area contributed by atoms with Crippen molar-refractivity contribution in [3.05, 3.63) is 72.8 Å². The minimum atomic E-state index is -0.0769. The second-order valence-electron chi connectivity index (χ2n) is 9.00. The van der Waals surface area contributed by atoms with Gasteiger partial charge < -0.3 is 24.7 Å². The molecule has 0 fully saturated rings. The fourth-order valence-corrected chi connectivity index (χ4v) is 4.88. The molecule has 0 aliphatic carbocycles. The highest BCUT2D eigenvalue weighted by molar-refractivity contribution is 6.06. The Labute approximate surface area is 221 Å². The molecule has 3 aromatic heterocycles. The van der Waals surface area contributed by atoms with Crippen LogP contribution < -0.4 is 15.2 Å². The molecule has 0 radical (unpaired) electrons. The number of aryl methyl sites for hydroxylation is 2. The summed E-state index contributed by atoms with van der Waals surface area (Å²) in [5.74, 6) is 1.94. The number of methoxy groups -OCH3 is 1. The summed E-state index contributed by atoms with van der Waals surface area (Å²) >= 11 is 0. The molecular formula is C29H30N6O3. The van der Waals surface area contributed by atoms with Crippen LogP contribution in [-0.2, 0) is 18.3 Å². The van der Waals surface area contributed by atoms with Gasteiger partial charge >= 0.3 is 0 Å². The number of hydrogen-bond donors (Lipinski definition) is 1. The van der Waals surface area contributed by atoms with Crippen molar-refractivity contribution in [3.8, 4) is 28.5 Å². The van der Waals surface area contributed by atoms with Crippen molar-refractivity contribution in [1.82, 2.24) is 24.4 Å². The zero-order valence-corrected chi connectivity index (χ0v) is 21.8. The van der Waals surface area contributed by atoms with Gasteiger partial charge in [-0.05, 0) is 48.3 Å². The molecule has 0 atom stereocenters. The Morgan fingerprint density at radius 3 is 2.76 bits per heavy atom. The van der Waals surface area contributed by atoms with E-state index in [4.69, 9.17) is 15.2 Å². The van der Waals surface area contributed by atoms with Gasteiger partial charge in [-0.3, -0.25) is 4.79 Å². The second-order valence-corrected chi connectivity index (χ2v) is 9.00. The van der Waals surface area contributed by atoms with Gasteiger partial charge in [0.05, 0.1) is 18.2 Å². The molecule has 194 valence electrons. The first kappa shape index (κ1) is 25.0. The zero-order valence-electron chi connectivity index (χ0n) is 21.8. The van der Waals surface area contributed by atoms with E-state index in [0.29, 0.717) is 42.7 Å². The van der Waals surface area contributed by atoms with Gasteiger partial charge in [-0.15, -0.1) is 0 Å². The summed E-state index contributed by atoms with van der Waals surface area (Å²) in [7, 11) is 3.58. The number of ether oxygens (including phenoxy) is 2. The normalized spacial score (nSPS) is 13.3. The van der Waals surface area contributed by atoms with Crippen LogP contribution in [0.2, 0.25) is 0 Å². The van der Waals surface area contributed by atoms with Gasteiger partial charge in [0, 0.05) is 37.5 Å². The third kappa shape index (κ3) is 4.47. The molecule has 1 aliphatic rings. The van der Waals surface area contributed by atoms with Gasteiger partial charge in [-0.25, -0.2) is 15.0 Å². The highest BCUT2D eigenvalue weighted by Crippen LogP contribution is 2.43. The lowest BCUT2D eigenvalue weighted by Gasteiger charge is -2.26. The molecule has 0 unspecified atom stereocenters. The van der Waals surface area contributed by atoms with E-state index in [1.165, 1.54) is 12.4 Å². The average Bonchev–Trinajstić information content (AvgIpc) is 3.26. The van der Waals surface area contributed by atoms with Gasteiger partial charge in [-0.1, -0.05) is 31.7 Å². The van der Waals surface area contributed by atoms with Crippen molar-refractivity contribution in [3.63, 3.8) is 0 Å². The molecule has 1 aliphatic heterocycles. The summed E-state index contributed by atoms with van der Waals surface area (Å²) in [4.78, 5) is 27.3. The maximum atomic E-state index is 12.1. The molecule has 1 aromatic carbocycles. The molecule has 1 amide bonds. The van der Waals surface area contributed by atoms with Crippen LogP contribution in [0, 0.1) is 0 Å². The zero-order chi connectivity index (χ0) is 26.8. The van der Waals surface area contributed by atoms with E-state index >= 15 is 0 Å². The predicted molar refractivity (Wildman–Crippen MR) is 148 cm³/mol. The van der Waals surface area contributed by atoms with Crippen molar-refractivity contribution in [2.24, 2.45) is 7.05 Å². The van der Waals surface area contributed by atoms with Crippen LogP contribution in [0.15, 0.2) is 61.5 Å². The molecule has 5 rings (SSSR count). The molecule has 4 heterocycles. The lowest BCUT2D eigenvalue weighted by molar-refractivity contribution is -0.125. The van der Waals surface area contributed by atoms with Gasteiger partial charge in [0.15, 0.2) is 11.5 Å². The summed E-state index contributed by atoms with van der Waals surface area (Å²) in [6.45, 7) is 6.76. The molecule has 9 heteroatoms. The SMILES string of the molecule is C=CC(=O)N1CC=C(c2c(-c3ccc(Oc4cccc(CC)n4)c(OC)c3)c3c(N)ncnc3n2C)CC1. The molecule has 4 aromatic rings. The maximum Gasteiger partial charge on any atom is 0.246 e.